The van der Waals surface area contributed by atoms with E-state index in [2.05, 4.69) is 54.5 Å². The number of ether oxygens (including phenoxy) is 2. The van der Waals surface area contributed by atoms with Gasteiger partial charge in [0, 0.05) is 0 Å². The SMILES string of the molecule is C[C@@H]1CC[C@]2(C(=O)O[C@@H]3O[C@H](CO)[C@@H](O)[C@H](O)[C@H]3O)CC[C@]3(C)C(=CCC4[C@@]5(C)C[C@@H](O)[C@H](O)C(C)(C)C5CC[C@]43C)C2[C@H]1C. The average molecular weight is 635 g/mol. The first-order valence-electron chi connectivity index (χ1n) is 17.5. The van der Waals surface area contributed by atoms with Crippen LogP contribution < -0.4 is 0 Å². The Morgan fingerprint density at radius 3 is 2.27 bits per heavy atom. The molecule has 6 aliphatic rings. The van der Waals surface area contributed by atoms with E-state index < -0.39 is 60.9 Å². The molecule has 1 saturated heterocycles. The highest BCUT2D eigenvalue weighted by atomic mass is 16.7. The number of aliphatic hydroxyl groups excluding tert-OH is 6. The molecule has 1 aliphatic heterocycles. The zero-order chi connectivity index (χ0) is 33.1. The van der Waals surface area contributed by atoms with Crippen LogP contribution in [0.4, 0.5) is 0 Å². The molecule has 5 fully saturated rings. The Morgan fingerprint density at radius 2 is 1.60 bits per heavy atom. The molecule has 9 nitrogen and oxygen atoms in total. The maximum atomic E-state index is 14.4. The number of carbonyl (C=O) groups excluding carboxylic acids is 1. The summed E-state index contributed by atoms with van der Waals surface area (Å²) in [6.07, 6.45) is -0.00749. The van der Waals surface area contributed by atoms with Crippen molar-refractivity contribution in [3.05, 3.63) is 11.6 Å². The Kier molecular flexibility index (Phi) is 8.25. The van der Waals surface area contributed by atoms with E-state index >= 15 is 0 Å². The fraction of sp³-hybridized carbons (Fsp3) is 0.917. The maximum absolute atomic E-state index is 14.4. The van der Waals surface area contributed by atoms with Crippen LogP contribution in [-0.4, -0.2) is 86.1 Å². The second-order valence-electron chi connectivity index (χ2n) is 17.4. The zero-order valence-corrected chi connectivity index (χ0v) is 28.3. The molecule has 1 heterocycles. The smallest absolute Gasteiger partial charge is 0.315 e. The Labute approximate surface area is 268 Å². The van der Waals surface area contributed by atoms with Crippen LogP contribution in [-0.2, 0) is 14.3 Å². The van der Waals surface area contributed by atoms with Gasteiger partial charge in [0.25, 0.3) is 0 Å². The van der Waals surface area contributed by atoms with Crippen molar-refractivity contribution < 1.29 is 44.9 Å². The van der Waals surface area contributed by atoms with Gasteiger partial charge < -0.3 is 40.1 Å². The molecule has 6 rings (SSSR count). The minimum Gasteiger partial charge on any atom is -0.432 e. The third-order valence-corrected chi connectivity index (χ3v) is 15.4. The van der Waals surface area contributed by atoms with Crippen molar-refractivity contribution >= 4 is 5.97 Å². The van der Waals surface area contributed by atoms with Gasteiger partial charge in [0.2, 0.25) is 6.29 Å². The van der Waals surface area contributed by atoms with Gasteiger partial charge in [-0.05, 0) is 103 Å². The van der Waals surface area contributed by atoms with E-state index in [0.29, 0.717) is 37.0 Å². The van der Waals surface area contributed by atoms with Crippen molar-refractivity contribution in [2.45, 2.75) is 143 Å². The molecule has 0 radical (unpaired) electrons. The minimum absolute atomic E-state index is 0.0594. The predicted octanol–water partition coefficient (Wildman–Crippen LogP) is 3.32. The van der Waals surface area contributed by atoms with Crippen LogP contribution in [0.25, 0.3) is 0 Å². The topological polar surface area (TPSA) is 157 Å². The van der Waals surface area contributed by atoms with Gasteiger partial charge in [-0.15, -0.1) is 0 Å². The summed E-state index contributed by atoms with van der Waals surface area (Å²) in [5.41, 5.74) is -0.223. The van der Waals surface area contributed by atoms with Gasteiger partial charge in [-0.2, -0.15) is 0 Å². The van der Waals surface area contributed by atoms with Crippen LogP contribution in [0, 0.1) is 56.7 Å². The first kappa shape index (κ1) is 33.8. The van der Waals surface area contributed by atoms with E-state index in [1.807, 2.05) is 0 Å². The van der Waals surface area contributed by atoms with Gasteiger partial charge >= 0.3 is 5.97 Å². The molecule has 0 amide bonds. The standard InChI is InChI=1S/C36H58O9/c1-18-10-13-36(31(43)45-30-28(41)27(40)26(39)22(17-37)44-30)15-14-34(6)20(25(36)19(18)2)8-9-24-33(5)16-21(38)29(42)32(3,4)23(33)11-12-35(24,34)7/h8,18-19,21-30,37-42H,9-17H2,1-7H3/t18-,19+,21-,22-,23?,24?,25?,26-,27+,28-,29+,30+,33+,34-,35-,36+/m1/s1. The van der Waals surface area contributed by atoms with Gasteiger partial charge in [0.05, 0.1) is 24.2 Å². The molecule has 0 aromatic carbocycles. The lowest BCUT2D eigenvalue weighted by Crippen LogP contribution is -2.67. The predicted molar refractivity (Wildman–Crippen MR) is 166 cm³/mol. The molecule has 4 saturated carbocycles. The Bertz CT molecular complexity index is 1200. The van der Waals surface area contributed by atoms with Crippen LogP contribution in [0.2, 0.25) is 0 Å². The average Bonchev–Trinajstić information content (AvgIpc) is 2.98. The summed E-state index contributed by atoms with van der Waals surface area (Å²) in [4.78, 5) is 14.4. The second kappa shape index (κ2) is 11.0. The van der Waals surface area contributed by atoms with Crippen molar-refractivity contribution in [2.75, 3.05) is 6.61 Å². The monoisotopic (exact) mass is 634 g/mol. The lowest BCUT2D eigenvalue weighted by molar-refractivity contribution is -0.297. The van der Waals surface area contributed by atoms with E-state index in [1.54, 1.807) is 0 Å². The summed E-state index contributed by atoms with van der Waals surface area (Å²) in [6, 6.07) is 0. The fourth-order valence-electron chi connectivity index (χ4n) is 12.4. The summed E-state index contributed by atoms with van der Waals surface area (Å²) >= 11 is 0. The van der Waals surface area contributed by atoms with Gasteiger partial charge in [0.1, 0.15) is 24.4 Å². The maximum Gasteiger partial charge on any atom is 0.315 e. The Hall–Kier alpha value is -1.07. The third kappa shape index (κ3) is 4.46. The number of hydrogen-bond acceptors (Lipinski definition) is 9. The second-order valence-corrected chi connectivity index (χ2v) is 17.4. The molecule has 0 spiro atoms. The van der Waals surface area contributed by atoms with E-state index in [9.17, 15) is 35.4 Å². The molecule has 45 heavy (non-hydrogen) atoms. The van der Waals surface area contributed by atoms with Gasteiger partial charge in [-0.25, -0.2) is 0 Å². The molecule has 0 aromatic heterocycles. The van der Waals surface area contributed by atoms with Crippen LogP contribution in [0.15, 0.2) is 11.6 Å². The van der Waals surface area contributed by atoms with Crippen LogP contribution in [0.1, 0.15) is 99.8 Å². The molecule has 5 aliphatic carbocycles. The molecule has 256 valence electrons. The van der Waals surface area contributed by atoms with Crippen LogP contribution >= 0.6 is 0 Å². The first-order chi connectivity index (χ1) is 20.9. The fourth-order valence-corrected chi connectivity index (χ4v) is 12.4. The number of allylic oxidation sites excluding steroid dienone is 2. The zero-order valence-electron chi connectivity index (χ0n) is 28.3. The number of carbonyl (C=O) groups is 1. The van der Waals surface area contributed by atoms with Crippen molar-refractivity contribution in [3.8, 4) is 0 Å². The summed E-state index contributed by atoms with van der Waals surface area (Å²) in [5, 5.41) is 63.2. The molecule has 16 atom stereocenters. The molecular formula is C36H58O9. The Morgan fingerprint density at radius 1 is 0.911 bits per heavy atom. The van der Waals surface area contributed by atoms with Crippen molar-refractivity contribution in [3.63, 3.8) is 0 Å². The highest BCUT2D eigenvalue weighted by molar-refractivity contribution is 5.79. The summed E-state index contributed by atoms with van der Waals surface area (Å²) in [7, 11) is 0. The molecule has 3 unspecified atom stereocenters. The number of aliphatic hydroxyl groups is 6. The quantitative estimate of drug-likeness (QED) is 0.203. The number of fused-ring (bicyclic) bond motifs is 7. The normalized spacial score (nSPS) is 55.7. The van der Waals surface area contributed by atoms with Crippen molar-refractivity contribution in [2.24, 2.45) is 56.7 Å². The van der Waals surface area contributed by atoms with E-state index in [-0.39, 0.29) is 33.5 Å². The van der Waals surface area contributed by atoms with Crippen molar-refractivity contribution in [1.29, 1.82) is 0 Å². The van der Waals surface area contributed by atoms with Gasteiger partial charge in [-0.1, -0.05) is 60.1 Å². The van der Waals surface area contributed by atoms with E-state index in [4.69, 9.17) is 9.47 Å². The lowest BCUT2D eigenvalue weighted by atomic mass is 9.33. The van der Waals surface area contributed by atoms with E-state index in [0.717, 1.165) is 32.1 Å². The van der Waals surface area contributed by atoms with Crippen molar-refractivity contribution in [1.82, 2.24) is 0 Å². The number of hydrogen-bond donors (Lipinski definition) is 6. The first-order valence-corrected chi connectivity index (χ1v) is 17.5. The summed E-state index contributed by atoms with van der Waals surface area (Å²) in [5.74, 6) is 0.739. The van der Waals surface area contributed by atoms with Crippen LogP contribution in [0.3, 0.4) is 0 Å². The van der Waals surface area contributed by atoms with Crippen LogP contribution in [0.5, 0.6) is 0 Å². The Balaban J connectivity index is 1.37. The van der Waals surface area contributed by atoms with Gasteiger partial charge in [-0.3, -0.25) is 4.79 Å². The molecule has 0 aromatic rings. The summed E-state index contributed by atoms with van der Waals surface area (Å²) in [6.45, 7) is 15.4. The van der Waals surface area contributed by atoms with E-state index in [1.165, 1.54) is 5.57 Å². The minimum atomic E-state index is -1.63. The van der Waals surface area contributed by atoms with Gasteiger partial charge in [0.15, 0.2) is 0 Å². The third-order valence-electron chi connectivity index (χ3n) is 15.4. The highest BCUT2D eigenvalue weighted by Crippen LogP contribution is 2.75. The summed E-state index contributed by atoms with van der Waals surface area (Å²) < 4.78 is 11.6. The largest absolute Gasteiger partial charge is 0.432 e. The molecule has 6 N–H and O–H groups in total. The molecule has 9 heteroatoms. The highest BCUT2D eigenvalue weighted by Gasteiger charge is 2.70. The lowest BCUT2D eigenvalue weighted by Gasteiger charge is -2.71. The molecular weight excluding hydrogens is 576 g/mol. The molecule has 0 bridgehead atoms. The number of esters is 1. The number of rotatable bonds is 3.